The van der Waals surface area contributed by atoms with Crippen LogP contribution in [0.5, 0.6) is 0 Å². The molecule has 1 aromatic heterocycles. The molecular formula is C14H17NO. The molecule has 1 aromatic carbocycles. The Morgan fingerprint density at radius 3 is 2.44 bits per heavy atom. The summed E-state index contributed by atoms with van der Waals surface area (Å²) in [5.41, 5.74) is 4.98. The molecule has 2 aromatic rings. The molecule has 0 saturated carbocycles. The fourth-order valence-corrected chi connectivity index (χ4v) is 2.03. The Balaban J connectivity index is 2.45. The number of furan rings is 1. The summed E-state index contributed by atoms with van der Waals surface area (Å²) in [4.78, 5) is 0. The lowest BCUT2D eigenvalue weighted by Crippen LogP contribution is -2.04. The molecule has 0 bridgehead atoms. The molecule has 0 fully saturated rings. The summed E-state index contributed by atoms with van der Waals surface area (Å²) < 4.78 is 5.48. The van der Waals surface area contributed by atoms with Crippen LogP contribution in [0.1, 0.15) is 16.9 Å². The van der Waals surface area contributed by atoms with Gasteiger partial charge in [0.05, 0.1) is 12.8 Å². The predicted octanol–water partition coefficient (Wildman–Crippen LogP) is 3.28. The van der Waals surface area contributed by atoms with Gasteiger partial charge in [-0.1, -0.05) is 29.3 Å². The number of hydrogen-bond acceptors (Lipinski definition) is 2. The number of hydrogen-bond donors (Lipinski definition) is 1. The third-order valence-corrected chi connectivity index (χ3v) is 2.62. The van der Waals surface area contributed by atoms with Crippen LogP contribution in [0.3, 0.4) is 0 Å². The molecule has 0 amide bonds. The number of benzene rings is 1. The van der Waals surface area contributed by atoms with Crippen LogP contribution >= 0.6 is 0 Å². The van der Waals surface area contributed by atoms with Crippen molar-refractivity contribution in [1.82, 2.24) is 5.32 Å². The van der Waals surface area contributed by atoms with Gasteiger partial charge in [-0.2, -0.15) is 0 Å². The average molecular weight is 215 g/mol. The van der Waals surface area contributed by atoms with Crippen LogP contribution in [-0.4, -0.2) is 7.05 Å². The smallest absolute Gasteiger partial charge is 0.125 e. The van der Waals surface area contributed by atoms with E-state index in [0.29, 0.717) is 0 Å². The molecule has 2 heteroatoms. The summed E-state index contributed by atoms with van der Waals surface area (Å²) >= 11 is 0. The Kier molecular flexibility index (Phi) is 3.11. The fraction of sp³-hybridized carbons (Fsp3) is 0.286. The molecule has 0 unspecified atom stereocenters. The van der Waals surface area contributed by atoms with Crippen molar-refractivity contribution >= 4 is 0 Å². The van der Waals surface area contributed by atoms with Gasteiger partial charge in [-0.25, -0.2) is 0 Å². The van der Waals surface area contributed by atoms with Crippen molar-refractivity contribution in [3.05, 3.63) is 47.4 Å². The standard InChI is InChI=1S/C14H17NO/c1-10-6-11(2)8-12(7-10)13-4-5-16-14(13)9-15-3/h4-8,15H,9H2,1-3H3. The zero-order valence-corrected chi connectivity index (χ0v) is 10.0. The molecular weight excluding hydrogens is 198 g/mol. The molecule has 2 rings (SSSR count). The molecule has 0 aliphatic heterocycles. The van der Waals surface area contributed by atoms with Gasteiger partial charge in [0.15, 0.2) is 0 Å². The maximum atomic E-state index is 5.48. The largest absolute Gasteiger partial charge is 0.467 e. The summed E-state index contributed by atoms with van der Waals surface area (Å²) in [5.74, 6) is 0.993. The van der Waals surface area contributed by atoms with Gasteiger partial charge < -0.3 is 9.73 Å². The number of nitrogens with one attached hydrogen (secondary N) is 1. The van der Waals surface area contributed by atoms with E-state index in [1.54, 1.807) is 6.26 Å². The second-order valence-corrected chi connectivity index (χ2v) is 4.16. The third-order valence-electron chi connectivity index (χ3n) is 2.62. The topological polar surface area (TPSA) is 25.2 Å². The van der Waals surface area contributed by atoms with Crippen LogP contribution in [0, 0.1) is 13.8 Å². The third kappa shape index (κ3) is 2.17. The summed E-state index contributed by atoms with van der Waals surface area (Å²) in [5, 5.41) is 3.12. The van der Waals surface area contributed by atoms with Gasteiger partial charge in [-0.3, -0.25) is 0 Å². The van der Waals surface area contributed by atoms with E-state index < -0.39 is 0 Å². The quantitative estimate of drug-likeness (QED) is 0.850. The molecule has 2 nitrogen and oxygen atoms in total. The molecule has 0 aliphatic rings. The van der Waals surface area contributed by atoms with Crippen LogP contribution in [0.4, 0.5) is 0 Å². The van der Waals surface area contributed by atoms with Gasteiger partial charge in [0.2, 0.25) is 0 Å². The minimum Gasteiger partial charge on any atom is -0.467 e. The summed E-state index contributed by atoms with van der Waals surface area (Å²) in [6, 6.07) is 8.59. The van der Waals surface area contributed by atoms with Crippen LogP contribution in [0.15, 0.2) is 34.9 Å². The Labute approximate surface area is 96.3 Å². The molecule has 0 aliphatic carbocycles. The van der Waals surface area contributed by atoms with Crippen molar-refractivity contribution in [2.24, 2.45) is 0 Å². The van der Waals surface area contributed by atoms with E-state index in [2.05, 4.69) is 37.4 Å². The Hall–Kier alpha value is -1.54. The molecule has 1 N–H and O–H groups in total. The monoisotopic (exact) mass is 215 g/mol. The van der Waals surface area contributed by atoms with Crippen molar-refractivity contribution < 1.29 is 4.42 Å². The molecule has 16 heavy (non-hydrogen) atoms. The molecule has 84 valence electrons. The normalized spacial score (nSPS) is 10.7. The molecule has 0 radical (unpaired) electrons. The van der Waals surface area contributed by atoms with E-state index in [1.165, 1.54) is 22.3 Å². The second kappa shape index (κ2) is 4.54. The summed E-state index contributed by atoms with van der Waals surface area (Å²) in [6.07, 6.45) is 1.75. The fourth-order valence-electron chi connectivity index (χ4n) is 2.03. The predicted molar refractivity (Wildman–Crippen MR) is 66.4 cm³/mol. The van der Waals surface area contributed by atoms with Crippen LogP contribution < -0.4 is 5.32 Å². The van der Waals surface area contributed by atoms with Crippen LogP contribution in [0.25, 0.3) is 11.1 Å². The first-order valence-corrected chi connectivity index (χ1v) is 5.50. The molecule has 0 atom stereocenters. The molecule has 0 spiro atoms. The van der Waals surface area contributed by atoms with E-state index in [4.69, 9.17) is 4.42 Å². The van der Waals surface area contributed by atoms with Gasteiger partial charge in [0, 0.05) is 5.56 Å². The lowest BCUT2D eigenvalue weighted by Gasteiger charge is -2.05. The van der Waals surface area contributed by atoms with Gasteiger partial charge in [0.25, 0.3) is 0 Å². The zero-order chi connectivity index (χ0) is 11.5. The van der Waals surface area contributed by atoms with E-state index in [9.17, 15) is 0 Å². The van der Waals surface area contributed by atoms with Crippen LogP contribution in [0.2, 0.25) is 0 Å². The SMILES string of the molecule is CNCc1occc1-c1cc(C)cc(C)c1. The first-order chi connectivity index (χ1) is 7.70. The second-order valence-electron chi connectivity index (χ2n) is 4.16. The van der Waals surface area contributed by atoms with Gasteiger partial charge in [0.1, 0.15) is 5.76 Å². The van der Waals surface area contributed by atoms with E-state index >= 15 is 0 Å². The van der Waals surface area contributed by atoms with Crippen LogP contribution in [-0.2, 0) is 6.54 Å². The highest BCUT2D eigenvalue weighted by molar-refractivity contribution is 5.67. The van der Waals surface area contributed by atoms with Gasteiger partial charge >= 0.3 is 0 Å². The number of aryl methyl sites for hydroxylation is 2. The van der Waals surface area contributed by atoms with E-state index in [-0.39, 0.29) is 0 Å². The highest BCUT2D eigenvalue weighted by atomic mass is 16.3. The molecule has 1 heterocycles. The Morgan fingerprint density at radius 2 is 1.81 bits per heavy atom. The maximum absolute atomic E-state index is 5.48. The first-order valence-electron chi connectivity index (χ1n) is 5.50. The summed E-state index contributed by atoms with van der Waals surface area (Å²) in [7, 11) is 1.92. The highest BCUT2D eigenvalue weighted by Crippen LogP contribution is 2.26. The summed E-state index contributed by atoms with van der Waals surface area (Å²) in [6.45, 7) is 5.00. The Morgan fingerprint density at radius 1 is 1.12 bits per heavy atom. The lowest BCUT2D eigenvalue weighted by atomic mass is 10.0. The zero-order valence-electron chi connectivity index (χ0n) is 10.0. The lowest BCUT2D eigenvalue weighted by molar-refractivity contribution is 0.497. The van der Waals surface area contributed by atoms with Gasteiger partial charge in [-0.15, -0.1) is 0 Å². The van der Waals surface area contributed by atoms with Crippen molar-refractivity contribution in [2.75, 3.05) is 7.05 Å². The highest BCUT2D eigenvalue weighted by Gasteiger charge is 2.08. The molecule has 0 saturated heterocycles. The number of rotatable bonds is 3. The van der Waals surface area contributed by atoms with Crippen molar-refractivity contribution in [1.29, 1.82) is 0 Å². The Bertz CT molecular complexity index is 465. The average Bonchev–Trinajstić information content (AvgIpc) is 2.65. The minimum absolute atomic E-state index is 0.759. The van der Waals surface area contributed by atoms with Crippen molar-refractivity contribution in [3.63, 3.8) is 0 Å². The first kappa shape index (κ1) is 11.0. The minimum atomic E-state index is 0.759. The van der Waals surface area contributed by atoms with E-state index in [0.717, 1.165) is 12.3 Å². The van der Waals surface area contributed by atoms with Gasteiger partial charge in [-0.05, 0) is 32.5 Å². The van der Waals surface area contributed by atoms with Crippen molar-refractivity contribution in [2.45, 2.75) is 20.4 Å². The van der Waals surface area contributed by atoms with E-state index in [1.807, 2.05) is 13.1 Å². The maximum Gasteiger partial charge on any atom is 0.125 e. The van der Waals surface area contributed by atoms with Crippen molar-refractivity contribution in [3.8, 4) is 11.1 Å².